The summed E-state index contributed by atoms with van der Waals surface area (Å²) in [5, 5.41) is 7.33. The summed E-state index contributed by atoms with van der Waals surface area (Å²) < 4.78 is 1.74. The Kier molecular flexibility index (Phi) is 5.94. The summed E-state index contributed by atoms with van der Waals surface area (Å²) in [6.45, 7) is 14.1. The minimum absolute atomic E-state index is 0.0498. The molecule has 0 saturated carbocycles. The molecule has 2 aliphatic heterocycles. The van der Waals surface area contributed by atoms with Gasteiger partial charge in [-0.15, -0.1) is 0 Å². The van der Waals surface area contributed by atoms with Crippen molar-refractivity contribution < 1.29 is 0 Å². The van der Waals surface area contributed by atoms with Gasteiger partial charge in [0, 0.05) is 61.7 Å². The highest BCUT2D eigenvalue weighted by atomic mass is 16.1. The Balaban J connectivity index is 1.39. The minimum atomic E-state index is -0.0498. The number of aryl methyl sites for hydroxylation is 1. The topological polar surface area (TPSA) is 82.7 Å². The second-order valence-electron chi connectivity index (χ2n) is 8.84. The first-order valence-electron chi connectivity index (χ1n) is 11.4. The number of aromatic nitrogens is 3. The standard InChI is InChI=1S/C24H28N8O/c1-25-20-13-19(4-5-21(20)31-11-9-30(2)10-12-31)28-24-27-16-18-3-6-22(33)32(23(18)29-24)8-7-17-14-26-15-17/h3-6,13,16-17,26H,7-12,14-15H2,2H3,(H,27,28,29). The Morgan fingerprint density at radius 2 is 2.00 bits per heavy atom. The summed E-state index contributed by atoms with van der Waals surface area (Å²) in [6, 6.07) is 9.14. The minimum Gasteiger partial charge on any atom is -0.378 e. The number of nitrogens with zero attached hydrogens (tertiary/aromatic N) is 6. The van der Waals surface area contributed by atoms with E-state index >= 15 is 0 Å². The van der Waals surface area contributed by atoms with E-state index in [4.69, 9.17) is 6.57 Å². The van der Waals surface area contributed by atoms with E-state index < -0.39 is 0 Å². The molecule has 33 heavy (non-hydrogen) atoms. The zero-order valence-corrected chi connectivity index (χ0v) is 18.8. The first-order chi connectivity index (χ1) is 16.1. The van der Waals surface area contributed by atoms with Crippen molar-refractivity contribution in [3.63, 3.8) is 0 Å². The molecule has 0 aliphatic carbocycles. The van der Waals surface area contributed by atoms with Crippen molar-refractivity contribution in [3.05, 3.63) is 58.3 Å². The number of anilines is 3. The lowest BCUT2D eigenvalue weighted by Crippen LogP contribution is -2.44. The summed E-state index contributed by atoms with van der Waals surface area (Å²) in [4.78, 5) is 30.0. The van der Waals surface area contributed by atoms with Crippen LogP contribution in [0.5, 0.6) is 0 Å². The molecule has 5 rings (SSSR count). The van der Waals surface area contributed by atoms with Crippen molar-refractivity contribution in [3.8, 4) is 0 Å². The molecule has 4 heterocycles. The summed E-state index contributed by atoms with van der Waals surface area (Å²) in [5.41, 5.74) is 2.90. The number of benzene rings is 1. The number of rotatable bonds is 6. The molecule has 2 fully saturated rings. The molecule has 0 amide bonds. The quantitative estimate of drug-likeness (QED) is 0.565. The highest BCUT2D eigenvalue weighted by Gasteiger charge is 2.19. The molecule has 0 radical (unpaired) electrons. The van der Waals surface area contributed by atoms with E-state index in [1.54, 1.807) is 22.9 Å². The third-order valence-electron chi connectivity index (χ3n) is 6.55. The molecule has 0 bridgehead atoms. The third kappa shape index (κ3) is 4.53. The van der Waals surface area contributed by atoms with Gasteiger partial charge in [-0.3, -0.25) is 9.36 Å². The molecule has 2 aliphatic rings. The van der Waals surface area contributed by atoms with Crippen molar-refractivity contribution in [2.24, 2.45) is 5.92 Å². The lowest BCUT2D eigenvalue weighted by molar-refractivity contribution is 0.312. The number of likely N-dealkylation sites (N-methyl/N-ethyl adjacent to an activating group) is 1. The highest BCUT2D eigenvalue weighted by molar-refractivity contribution is 5.78. The Bertz CT molecular complexity index is 1250. The lowest BCUT2D eigenvalue weighted by atomic mass is 9.99. The molecule has 9 nitrogen and oxygen atoms in total. The lowest BCUT2D eigenvalue weighted by Gasteiger charge is -2.34. The van der Waals surface area contributed by atoms with Crippen LogP contribution in [0.4, 0.5) is 23.0 Å². The van der Waals surface area contributed by atoms with E-state index in [1.807, 2.05) is 18.2 Å². The van der Waals surface area contributed by atoms with Gasteiger partial charge in [0.25, 0.3) is 5.56 Å². The van der Waals surface area contributed by atoms with Crippen LogP contribution in [0.2, 0.25) is 0 Å². The van der Waals surface area contributed by atoms with Crippen molar-refractivity contribution in [2.45, 2.75) is 13.0 Å². The third-order valence-corrected chi connectivity index (χ3v) is 6.55. The van der Waals surface area contributed by atoms with Gasteiger partial charge in [0.15, 0.2) is 0 Å². The molecule has 170 valence electrons. The van der Waals surface area contributed by atoms with Gasteiger partial charge < -0.3 is 20.4 Å². The van der Waals surface area contributed by atoms with Crippen LogP contribution in [-0.2, 0) is 6.54 Å². The van der Waals surface area contributed by atoms with Crippen LogP contribution in [0.1, 0.15) is 6.42 Å². The molecular weight excluding hydrogens is 416 g/mol. The van der Waals surface area contributed by atoms with Gasteiger partial charge in [-0.05, 0) is 56.7 Å². The zero-order valence-electron chi connectivity index (χ0n) is 18.8. The number of pyridine rings is 1. The van der Waals surface area contributed by atoms with Gasteiger partial charge >= 0.3 is 0 Å². The maximum atomic E-state index is 12.5. The number of piperazine rings is 1. The predicted octanol–water partition coefficient (Wildman–Crippen LogP) is 2.45. The number of fused-ring (bicyclic) bond motifs is 1. The van der Waals surface area contributed by atoms with E-state index in [9.17, 15) is 4.79 Å². The van der Waals surface area contributed by atoms with Crippen LogP contribution < -0.4 is 21.1 Å². The van der Waals surface area contributed by atoms with Crippen molar-refractivity contribution in [1.29, 1.82) is 0 Å². The molecule has 0 spiro atoms. The van der Waals surface area contributed by atoms with E-state index in [0.717, 1.165) is 62.5 Å². The molecule has 1 aromatic carbocycles. The Morgan fingerprint density at radius 3 is 2.73 bits per heavy atom. The molecule has 3 aromatic rings. The molecule has 9 heteroatoms. The van der Waals surface area contributed by atoms with Gasteiger partial charge in [-0.25, -0.2) is 9.83 Å². The fourth-order valence-corrected chi connectivity index (χ4v) is 4.35. The second-order valence-corrected chi connectivity index (χ2v) is 8.84. The van der Waals surface area contributed by atoms with Crippen molar-refractivity contribution in [1.82, 2.24) is 24.8 Å². The maximum Gasteiger partial charge on any atom is 0.252 e. The Labute approximate surface area is 192 Å². The van der Waals surface area contributed by atoms with Crippen LogP contribution in [0.15, 0.2) is 41.3 Å². The van der Waals surface area contributed by atoms with Crippen LogP contribution in [0.25, 0.3) is 15.9 Å². The van der Waals surface area contributed by atoms with Crippen molar-refractivity contribution >= 4 is 34.0 Å². The Morgan fingerprint density at radius 1 is 1.18 bits per heavy atom. The van der Waals surface area contributed by atoms with Crippen LogP contribution in [0.3, 0.4) is 0 Å². The summed E-state index contributed by atoms with van der Waals surface area (Å²) in [5.74, 6) is 1.02. The van der Waals surface area contributed by atoms with Gasteiger partial charge in [-0.2, -0.15) is 4.98 Å². The molecule has 0 unspecified atom stereocenters. The van der Waals surface area contributed by atoms with Gasteiger partial charge in [-0.1, -0.05) is 0 Å². The van der Waals surface area contributed by atoms with Gasteiger partial charge in [0.2, 0.25) is 11.6 Å². The summed E-state index contributed by atoms with van der Waals surface area (Å²) in [6.07, 6.45) is 2.68. The fraction of sp³-hybridized carbons (Fsp3) is 0.417. The first kappa shape index (κ1) is 21.4. The average Bonchev–Trinajstić information content (AvgIpc) is 2.80. The summed E-state index contributed by atoms with van der Waals surface area (Å²) >= 11 is 0. The molecule has 0 atom stereocenters. The van der Waals surface area contributed by atoms with Crippen LogP contribution in [0, 0.1) is 12.5 Å². The monoisotopic (exact) mass is 444 g/mol. The first-order valence-corrected chi connectivity index (χ1v) is 11.4. The van der Waals surface area contributed by atoms with Gasteiger partial charge in [0.05, 0.1) is 6.57 Å². The largest absolute Gasteiger partial charge is 0.378 e. The zero-order chi connectivity index (χ0) is 22.8. The maximum absolute atomic E-state index is 12.5. The van der Waals surface area contributed by atoms with Crippen molar-refractivity contribution in [2.75, 3.05) is 56.5 Å². The number of hydrogen-bond donors (Lipinski definition) is 2. The highest BCUT2D eigenvalue weighted by Crippen LogP contribution is 2.33. The second kappa shape index (κ2) is 9.17. The Hall–Kier alpha value is -3.48. The summed E-state index contributed by atoms with van der Waals surface area (Å²) in [7, 11) is 2.12. The molecule has 2 N–H and O–H groups in total. The molecular formula is C24H28N8O. The van der Waals surface area contributed by atoms with E-state index in [2.05, 4.69) is 42.3 Å². The fourth-order valence-electron chi connectivity index (χ4n) is 4.35. The van der Waals surface area contributed by atoms with Crippen LogP contribution in [-0.4, -0.2) is 65.8 Å². The number of hydrogen-bond acceptors (Lipinski definition) is 7. The van der Waals surface area contributed by atoms with Gasteiger partial charge in [0.1, 0.15) is 5.65 Å². The average molecular weight is 445 g/mol. The predicted molar refractivity (Wildman–Crippen MR) is 130 cm³/mol. The normalized spacial score (nSPS) is 17.0. The SMILES string of the molecule is [C-]#[N+]c1cc(Nc2ncc3ccc(=O)n(CCC4CNC4)c3n2)ccc1N1CCN(C)CC1. The molecule has 2 aromatic heterocycles. The smallest absolute Gasteiger partial charge is 0.252 e. The number of nitrogens with one attached hydrogen (secondary N) is 2. The van der Waals surface area contributed by atoms with E-state index in [0.29, 0.717) is 29.7 Å². The van der Waals surface area contributed by atoms with Crippen LogP contribution >= 0.6 is 0 Å². The molecule has 2 saturated heterocycles. The van der Waals surface area contributed by atoms with E-state index in [1.165, 1.54) is 0 Å². The van der Waals surface area contributed by atoms with E-state index in [-0.39, 0.29) is 5.56 Å².